The maximum atomic E-state index is 12.6. The molecule has 1 aliphatic heterocycles. The molecule has 1 heterocycles. The number of benzene rings is 2. The Morgan fingerprint density at radius 3 is 2.40 bits per heavy atom. The number of nitriles is 1. The molecular formula is C23H25ClN4O2. The first-order chi connectivity index (χ1) is 14.4. The maximum absolute atomic E-state index is 12.6. The Hall–Kier alpha value is -2.88. The highest BCUT2D eigenvalue weighted by Gasteiger charge is 2.27. The number of carbonyl (C=O) groups is 2. The van der Waals surface area contributed by atoms with Crippen LogP contribution in [0.15, 0.2) is 42.5 Å². The van der Waals surface area contributed by atoms with Crippen LogP contribution in [0.3, 0.4) is 0 Å². The van der Waals surface area contributed by atoms with Gasteiger partial charge in [-0.25, -0.2) is 0 Å². The lowest BCUT2D eigenvalue weighted by Gasteiger charge is -2.37. The highest BCUT2D eigenvalue weighted by Crippen LogP contribution is 2.21. The van der Waals surface area contributed by atoms with Gasteiger partial charge in [0.2, 0.25) is 11.8 Å². The van der Waals surface area contributed by atoms with E-state index in [0.29, 0.717) is 48.9 Å². The van der Waals surface area contributed by atoms with Gasteiger partial charge in [0.1, 0.15) is 6.07 Å². The van der Waals surface area contributed by atoms with Gasteiger partial charge in [-0.1, -0.05) is 41.4 Å². The summed E-state index contributed by atoms with van der Waals surface area (Å²) in [5.74, 6) is -0.0296. The highest BCUT2D eigenvalue weighted by molar-refractivity contribution is 6.32. The van der Waals surface area contributed by atoms with E-state index < -0.39 is 0 Å². The summed E-state index contributed by atoms with van der Waals surface area (Å²) in [5.41, 5.74) is 3.12. The minimum atomic E-state index is -0.339. The SMILES string of the molecule is Cc1ccc(CC(=O)N2CCN(C(C)C(=O)Nc3ccc(C#N)c(Cl)c3)CC2)cc1. The van der Waals surface area contributed by atoms with Gasteiger partial charge in [-0.15, -0.1) is 0 Å². The molecule has 0 radical (unpaired) electrons. The zero-order valence-electron chi connectivity index (χ0n) is 17.2. The summed E-state index contributed by atoms with van der Waals surface area (Å²) >= 11 is 6.03. The molecule has 0 saturated carbocycles. The van der Waals surface area contributed by atoms with Gasteiger partial charge in [-0.3, -0.25) is 14.5 Å². The fourth-order valence-corrected chi connectivity index (χ4v) is 3.67. The smallest absolute Gasteiger partial charge is 0.241 e. The van der Waals surface area contributed by atoms with Crippen molar-refractivity contribution in [3.63, 3.8) is 0 Å². The predicted octanol–water partition coefficient (Wildman–Crippen LogP) is 3.23. The van der Waals surface area contributed by atoms with E-state index in [-0.39, 0.29) is 17.9 Å². The molecular weight excluding hydrogens is 400 g/mol. The summed E-state index contributed by atoms with van der Waals surface area (Å²) in [6.45, 7) is 6.36. The van der Waals surface area contributed by atoms with E-state index in [0.717, 1.165) is 5.56 Å². The average Bonchev–Trinajstić information content (AvgIpc) is 2.75. The third kappa shape index (κ3) is 5.38. The first kappa shape index (κ1) is 21.8. The summed E-state index contributed by atoms with van der Waals surface area (Å²) in [7, 11) is 0. The number of amides is 2. The van der Waals surface area contributed by atoms with Crippen LogP contribution in [0.5, 0.6) is 0 Å². The van der Waals surface area contributed by atoms with Gasteiger partial charge in [-0.05, 0) is 37.6 Å². The lowest BCUT2D eigenvalue weighted by Crippen LogP contribution is -2.54. The van der Waals surface area contributed by atoms with E-state index in [1.54, 1.807) is 18.2 Å². The first-order valence-corrected chi connectivity index (χ1v) is 10.3. The molecule has 0 aliphatic carbocycles. The quantitative estimate of drug-likeness (QED) is 0.799. The number of nitrogens with one attached hydrogen (secondary N) is 1. The Morgan fingerprint density at radius 2 is 1.80 bits per heavy atom. The Morgan fingerprint density at radius 1 is 1.13 bits per heavy atom. The Labute approximate surface area is 182 Å². The molecule has 30 heavy (non-hydrogen) atoms. The van der Waals surface area contributed by atoms with Crippen LogP contribution in [-0.4, -0.2) is 53.8 Å². The lowest BCUT2D eigenvalue weighted by molar-refractivity contribution is -0.133. The highest BCUT2D eigenvalue weighted by atomic mass is 35.5. The van der Waals surface area contributed by atoms with Crippen molar-refractivity contribution in [1.82, 2.24) is 9.80 Å². The van der Waals surface area contributed by atoms with Crippen molar-refractivity contribution >= 4 is 29.1 Å². The summed E-state index contributed by atoms with van der Waals surface area (Å²) in [6, 6.07) is 14.5. The van der Waals surface area contributed by atoms with Gasteiger partial charge in [0, 0.05) is 31.9 Å². The molecule has 1 fully saturated rings. The standard InChI is InChI=1S/C23H25ClN4O2/c1-16-3-5-18(6-4-16)13-22(29)28-11-9-27(10-12-28)17(2)23(30)26-20-8-7-19(15-25)21(24)14-20/h3-8,14,17H,9-13H2,1-2H3,(H,26,30). The number of piperazine rings is 1. The number of carbonyl (C=O) groups excluding carboxylic acids is 2. The van der Waals surface area contributed by atoms with Crippen molar-refractivity contribution in [2.75, 3.05) is 31.5 Å². The molecule has 1 unspecified atom stereocenters. The van der Waals surface area contributed by atoms with E-state index >= 15 is 0 Å². The maximum Gasteiger partial charge on any atom is 0.241 e. The molecule has 1 N–H and O–H groups in total. The van der Waals surface area contributed by atoms with Crippen LogP contribution >= 0.6 is 11.6 Å². The van der Waals surface area contributed by atoms with Crippen molar-refractivity contribution in [3.8, 4) is 6.07 Å². The fourth-order valence-electron chi connectivity index (χ4n) is 3.45. The molecule has 6 nitrogen and oxygen atoms in total. The molecule has 3 rings (SSSR count). The Balaban J connectivity index is 1.50. The number of hydrogen-bond acceptors (Lipinski definition) is 4. The number of rotatable bonds is 5. The molecule has 0 aromatic heterocycles. The Kier molecular flexibility index (Phi) is 7.09. The van der Waals surface area contributed by atoms with Gasteiger partial charge in [0.05, 0.1) is 23.0 Å². The fraction of sp³-hybridized carbons (Fsp3) is 0.348. The molecule has 0 bridgehead atoms. The zero-order chi connectivity index (χ0) is 21.7. The molecule has 1 atom stereocenters. The third-order valence-corrected chi connectivity index (χ3v) is 5.74. The molecule has 156 valence electrons. The third-order valence-electron chi connectivity index (χ3n) is 5.43. The number of anilines is 1. The number of nitrogens with zero attached hydrogens (tertiary/aromatic N) is 3. The number of halogens is 1. The second kappa shape index (κ2) is 9.75. The molecule has 7 heteroatoms. The van der Waals surface area contributed by atoms with Crippen molar-refractivity contribution in [3.05, 3.63) is 64.2 Å². The van der Waals surface area contributed by atoms with E-state index in [1.807, 2.05) is 49.1 Å². The van der Waals surface area contributed by atoms with Crippen LogP contribution < -0.4 is 5.32 Å². The molecule has 2 amide bonds. The molecule has 1 saturated heterocycles. The summed E-state index contributed by atoms with van der Waals surface area (Å²) in [4.78, 5) is 29.1. The average molecular weight is 425 g/mol. The summed E-state index contributed by atoms with van der Waals surface area (Å²) in [5, 5.41) is 12.1. The normalized spacial score (nSPS) is 15.3. The van der Waals surface area contributed by atoms with Crippen molar-refractivity contribution in [1.29, 1.82) is 5.26 Å². The van der Waals surface area contributed by atoms with Crippen LogP contribution in [0.2, 0.25) is 5.02 Å². The largest absolute Gasteiger partial charge is 0.340 e. The second-order valence-corrected chi connectivity index (χ2v) is 7.96. The van der Waals surface area contributed by atoms with Crippen LogP contribution in [0.25, 0.3) is 0 Å². The molecule has 2 aromatic carbocycles. The summed E-state index contributed by atoms with van der Waals surface area (Å²) < 4.78 is 0. The van der Waals surface area contributed by atoms with Crippen LogP contribution in [0.4, 0.5) is 5.69 Å². The van der Waals surface area contributed by atoms with E-state index in [2.05, 4.69) is 10.2 Å². The Bertz CT molecular complexity index is 960. The van der Waals surface area contributed by atoms with Crippen LogP contribution in [0.1, 0.15) is 23.6 Å². The molecule has 1 aliphatic rings. The van der Waals surface area contributed by atoms with Gasteiger partial charge < -0.3 is 10.2 Å². The van der Waals surface area contributed by atoms with Gasteiger partial charge in [0.25, 0.3) is 0 Å². The monoisotopic (exact) mass is 424 g/mol. The summed E-state index contributed by atoms with van der Waals surface area (Å²) in [6.07, 6.45) is 0.399. The second-order valence-electron chi connectivity index (χ2n) is 7.55. The van der Waals surface area contributed by atoms with Crippen molar-refractivity contribution in [2.24, 2.45) is 0 Å². The van der Waals surface area contributed by atoms with Crippen molar-refractivity contribution < 1.29 is 9.59 Å². The van der Waals surface area contributed by atoms with Crippen molar-refractivity contribution in [2.45, 2.75) is 26.3 Å². The van der Waals surface area contributed by atoms with E-state index in [1.165, 1.54) is 5.56 Å². The lowest BCUT2D eigenvalue weighted by atomic mass is 10.1. The number of hydrogen-bond donors (Lipinski definition) is 1. The minimum Gasteiger partial charge on any atom is -0.340 e. The predicted molar refractivity (Wildman–Crippen MR) is 117 cm³/mol. The van der Waals surface area contributed by atoms with Gasteiger partial charge in [0.15, 0.2) is 0 Å². The minimum absolute atomic E-state index is 0.114. The topological polar surface area (TPSA) is 76.4 Å². The van der Waals surface area contributed by atoms with Crippen LogP contribution in [-0.2, 0) is 16.0 Å². The van der Waals surface area contributed by atoms with E-state index in [9.17, 15) is 9.59 Å². The van der Waals surface area contributed by atoms with Gasteiger partial charge >= 0.3 is 0 Å². The van der Waals surface area contributed by atoms with Gasteiger partial charge in [-0.2, -0.15) is 5.26 Å². The number of aryl methyl sites for hydroxylation is 1. The zero-order valence-corrected chi connectivity index (χ0v) is 17.9. The first-order valence-electron chi connectivity index (χ1n) is 9.95. The van der Waals surface area contributed by atoms with Crippen LogP contribution in [0, 0.1) is 18.3 Å². The van der Waals surface area contributed by atoms with E-state index in [4.69, 9.17) is 16.9 Å². The molecule has 0 spiro atoms. The molecule has 2 aromatic rings.